The van der Waals surface area contributed by atoms with Gasteiger partial charge in [0.1, 0.15) is 12.4 Å². The number of amides is 1. The van der Waals surface area contributed by atoms with Crippen LogP contribution in [0, 0.1) is 0 Å². The lowest BCUT2D eigenvalue weighted by molar-refractivity contribution is -0.117. The maximum atomic E-state index is 12.3. The van der Waals surface area contributed by atoms with Gasteiger partial charge < -0.3 is 10.2 Å². The zero-order valence-corrected chi connectivity index (χ0v) is 15.4. The van der Waals surface area contributed by atoms with Crippen molar-refractivity contribution in [2.75, 3.05) is 23.3 Å². The van der Waals surface area contributed by atoms with E-state index in [1.807, 2.05) is 36.4 Å². The number of hydrogen-bond acceptors (Lipinski definition) is 5. The average Bonchev–Trinajstić information content (AvgIpc) is 3.26. The molecule has 1 aromatic carbocycles. The Bertz CT molecular complexity index is 1010. The first-order chi connectivity index (χ1) is 13.7. The molecule has 7 heteroatoms. The molecule has 0 atom stereocenters. The van der Waals surface area contributed by atoms with Crippen molar-refractivity contribution >= 4 is 17.4 Å². The summed E-state index contributed by atoms with van der Waals surface area (Å²) in [6.07, 6.45) is 5.61. The third-order valence-corrected chi connectivity index (χ3v) is 4.76. The summed E-state index contributed by atoms with van der Waals surface area (Å²) in [6.45, 7) is 1.73. The number of nitrogens with one attached hydrogen (secondary N) is 1. The number of carbonyl (C=O) groups excluding carboxylic acids is 1. The number of aromatic nitrogens is 3. The van der Waals surface area contributed by atoms with Gasteiger partial charge in [-0.3, -0.25) is 9.59 Å². The minimum Gasteiger partial charge on any atom is -0.370 e. The molecule has 2 aromatic heterocycles. The summed E-state index contributed by atoms with van der Waals surface area (Å²) in [6, 6.07) is 15.1. The molecule has 28 heavy (non-hydrogen) atoms. The number of nitrogens with zero attached hydrogens (tertiary/aromatic N) is 4. The summed E-state index contributed by atoms with van der Waals surface area (Å²) in [5, 5.41) is 6.85. The van der Waals surface area contributed by atoms with Crippen molar-refractivity contribution in [1.29, 1.82) is 0 Å². The summed E-state index contributed by atoms with van der Waals surface area (Å²) in [7, 11) is 0. The maximum absolute atomic E-state index is 12.3. The lowest BCUT2D eigenvalue weighted by Gasteiger charge is -2.17. The Morgan fingerprint density at radius 3 is 2.46 bits per heavy atom. The predicted octanol–water partition coefficient (Wildman–Crippen LogP) is 2.54. The van der Waals surface area contributed by atoms with Gasteiger partial charge in [0.25, 0.3) is 5.56 Å². The Balaban J connectivity index is 1.39. The van der Waals surface area contributed by atoms with E-state index in [9.17, 15) is 9.59 Å². The quantitative estimate of drug-likeness (QED) is 0.741. The van der Waals surface area contributed by atoms with Crippen LogP contribution in [0.25, 0.3) is 11.1 Å². The van der Waals surface area contributed by atoms with E-state index in [1.165, 1.54) is 0 Å². The molecule has 1 fully saturated rings. The minimum absolute atomic E-state index is 0.152. The Kier molecular flexibility index (Phi) is 5.14. The van der Waals surface area contributed by atoms with Crippen LogP contribution >= 0.6 is 0 Å². The Hall–Kier alpha value is -3.48. The fourth-order valence-corrected chi connectivity index (χ4v) is 3.28. The van der Waals surface area contributed by atoms with Gasteiger partial charge in [-0.2, -0.15) is 5.10 Å². The van der Waals surface area contributed by atoms with E-state index in [0.29, 0.717) is 5.82 Å². The molecule has 0 unspecified atom stereocenters. The number of anilines is 2. The van der Waals surface area contributed by atoms with Crippen molar-refractivity contribution in [3.8, 4) is 11.1 Å². The molecule has 1 saturated heterocycles. The van der Waals surface area contributed by atoms with Gasteiger partial charge in [-0.05, 0) is 30.5 Å². The molecule has 0 bridgehead atoms. The molecule has 7 nitrogen and oxygen atoms in total. The summed E-state index contributed by atoms with van der Waals surface area (Å²) in [4.78, 5) is 30.9. The summed E-state index contributed by atoms with van der Waals surface area (Å²) in [5.74, 6) is 0.0925. The maximum Gasteiger partial charge on any atom is 0.269 e. The molecular weight excluding hydrogens is 354 g/mol. The molecule has 4 rings (SSSR count). The highest BCUT2D eigenvalue weighted by molar-refractivity contribution is 5.89. The van der Waals surface area contributed by atoms with Crippen LogP contribution in [0.3, 0.4) is 0 Å². The lowest BCUT2D eigenvalue weighted by atomic mass is 10.1. The van der Waals surface area contributed by atoms with Crippen LogP contribution in [0.15, 0.2) is 65.7 Å². The monoisotopic (exact) mass is 375 g/mol. The first-order valence-electron chi connectivity index (χ1n) is 9.32. The van der Waals surface area contributed by atoms with E-state index >= 15 is 0 Å². The number of rotatable bonds is 5. The topological polar surface area (TPSA) is 80.1 Å². The lowest BCUT2D eigenvalue weighted by Crippen LogP contribution is -2.30. The van der Waals surface area contributed by atoms with Crippen LogP contribution < -0.4 is 15.8 Å². The second-order valence-electron chi connectivity index (χ2n) is 6.75. The Morgan fingerprint density at radius 1 is 1.00 bits per heavy atom. The normalized spacial score (nSPS) is 13.5. The molecular formula is C21H21N5O2. The average molecular weight is 375 g/mol. The van der Waals surface area contributed by atoms with Crippen molar-refractivity contribution in [2.24, 2.45) is 0 Å². The van der Waals surface area contributed by atoms with Gasteiger partial charge in [0.05, 0.1) is 11.9 Å². The van der Waals surface area contributed by atoms with Crippen LogP contribution in [0.5, 0.6) is 0 Å². The van der Waals surface area contributed by atoms with Gasteiger partial charge in [-0.15, -0.1) is 0 Å². The number of pyridine rings is 1. The molecule has 142 valence electrons. The first kappa shape index (κ1) is 17.9. The summed E-state index contributed by atoms with van der Waals surface area (Å²) < 4.78 is 1.16. The molecule has 3 heterocycles. The fourth-order valence-electron chi connectivity index (χ4n) is 3.28. The number of carbonyl (C=O) groups is 1. The van der Waals surface area contributed by atoms with Crippen LogP contribution in [-0.2, 0) is 11.3 Å². The van der Waals surface area contributed by atoms with Crippen molar-refractivity contribution in [1.82, 2.24) is 14.8 Å². The summed E-state index contributed by atoms with van der Waals surface area (Å²) >= 11 is 0. The Labute approximate surface area is 162 Å². The number of hydrogen-bond donors (Lipinski definition) is 1. The molecule has 0 radical (unpaired) electrons. The highest BCUT2D eigenvalue weighted by atomic mass is 16.2. The molecule has 1 N–H and O–H groups in total. The van der Waals surface area contributed by atoms with E-state index in [1.54, 1.807) is 24.5 Å². The van der Waals surface area contributed by atoms with E-state index < -0.39 is 0 Å². The third-order valence-electron chi connectivity index (χ3n) is 4.76. The molecule has 0 spiro atoms. The van der Waals surface area contributed by atoms with Gasteiger partial charge in [-0.25, -0.2) is 9.67 Å². The molecule has 3 aromatic rings. The SMILES string of the molecule is O=C(Cn1ncc(N2CCCC2)cc1=O)Nc1ccc(-c2ccccc2)cn1. The zero-order chi connectivity index (χ0) is 19.3. The summed E-state index contributed by atoms with van der Waals surface area (Å²) in [5.41, 5.74) is 2.56. The largest absolute Gasteiger partial charge is 0.370 e. The highest BCUT2D eigenvalue weighted by Gasteiger charge is 2.14. The highest BCUT2D eigenvalue weighted by Crippen LogP contribution is 2.19. The third kappa shape index (κ3) is 4.09. The molecule has 1 amide bonds. The second-order valence-corrected chi connectivity index (χ2v) is 6.75. The van der Waals surface area contributed by atoms with Crippen molar-refractivity contribution in [2.45, 2.75) is 19.4 Å². The van der Waals surface area contributed by atoms with Crippen molar-refractivity contribution in [3.63, 3.8) is 0 Å². The smallest absolute Gasteiger partial charge is 0.269 e. The zero-order valence-electron chi connectivity index (χ0n) is 15.4. The molecule has 1 aliphatic heterocycles. The van der Waals surface area contributed by atoms with Crippen molar-refractivity contribution in [3.05, 3.63) is 71.3 Å². The Morgan fingerprint density at radius 2 is 1.79 bits per heavy atom. The van der Waals surface area contributed by atoms with Crippen LogP contribution in [0.1, 0.15) is 12.8 Å². The van der Waals surface area contributed by atoms with E-state index in [0.717, 1.165) is 47.4 Å². The van der Waals surface area contributed by atoms with E-state index in [-0.39, 0.29) is 18.0 Å². The van der Waals surface area contributed by atoms with E-state index in [4.69, 9.17) is 0 Å². The predicted molar refractivity (Wildman–Crippen MR) is 108 cm³/mol. The van der Waals surface area contributed by atoms with Gasteiger partial charge in [0.2, 0.25) is 5.91 Å². The van der Waals surface area contributed by atoms with Crippen LogP contribution in [-0.4, -0.2) is 33.8 Å². The van der Waals surface area contributed by atoms with Crippen molar-refractivity contribution < 1.29 is 4.79 Å². The van der Waals surface area contributed by atoms with Crippen LogP contribution in [0.2, 0.25) is 0 Å². The van der Waals surface area contributed by atoms with Crippen LogP contribution in [0.4, 0.5) is 11.5 Å². The van der Waals surface area contributed by atoms with Gasteiger partial charge in [0.15, 0.2) is 0 Å². The van der Waals surface area contributed by atoms with Gasteiger partial charge in [-0.1, -0.05) is 30.3 Å². The fraction of sp³-hybridized carbons (Fsp3) is 0.238. The van der Waals surface area contributed by atoms with Gasteiger partial charge >= 0.3 is 0 Å². The standard InChI is InChI=1S/C21H21N5O2/c27-20(15-26-21(28)12-18(14-23-26)25-10-4-5-11-25)24-19-9-8-17(13-22-19)16-6-2-1-3-7-16/h1-3,6-9,12-14H,4-5,10-11,15H2,(H,22,24,27). The first-order valence-corrected chi connectivity index (χ1v) is 9.32. The molecule has 0 saturated carbocycles. The van der Waals surface area contributed by atoms with Gasteiger partial charge in [0, 0.05) is 30.9 Å². The number of benzene rings is 1. The second kappa shape index (κ2) is 8.04. The van der Waals surface area contributed by atoms with E-state index in [2.05, 4.69) is 20.3 Å². The molecule has 1 aliphatic rings. The minimum atomic E-state index is -0.344. The molecule has 0 aliphatic carbocycles.